The molecule has 0 spiro atoms. The fraction of sp³-hybridized carbons (Fsp3) is 0.385. The molecule has 1 saturated heterocycles. The van der Waals surface area contributed by atoms with Crippen molar-refractivity contribution in [3.05, 3.63) is 109 Å². The molecule has 256 valence electrons. The Morgan fingerprint density at radius 1 is 0.735 bits per heavy atom. The van der Waals surface area contributed by atoms with Crippen LogP contribution in [0.2, 0.25) is 0 Å². The monoisotopic (exact) mass is 660 g/mol. The van der Waals surface area contributed by atoms with Crippen LogP contribution in [-0.2, 0) is 22.4 Å². The molecule has 49 heavy (non-hydrogen) atoms. The molecule has 1 aliphatic rings. The van der Waals surface area contributed by atoms with E-state index in [1.807, 2.05) is 34.1 Å². The molecule has 0 saturated carbocycles. The lowest BCUT2D eigenvalue weighted by atomic mass is 9.93. The molecule has 4 atom stereocenters. The highest BCUT2D eigenvalue weighted by molar-refractivity contribution is 5.87. The summed E-state index contributed by atoms with van der Waals surface area (Å²) in [6, 6.07) is 27.2. The van der Waals surface area contributed by atoms with Gasteiger partial charge in [0.2, 0.25) is 11.8 Å². The number of hydrogen-bond acceptors (Lipinski definition) is 7. The summed E-state index contributed by atoms with van der Waals surface area (Å²) in [5.41, 5.74) is 18.7. The van der Waals surface area contributed by atoms with Gasteiger partial charge in [0, 0.05) is 31.7 Å². The molecule has 10 heteroatoms. The maximum atomic E-state index is 14.2. The first-order chi connectivity index (χ1) is 23.7. The van der Waals surface area contributed by atoms with Crippen LogP contribution in [0.15, 0.2) is 97.6 Å². The standard InChI is InChI=1S/C39H48N8O2/c1-27(2)18-35-24-46(38(48)36(40)21-28-13-15-30-8-3-5-10-32(30)19-28)34(12-7-17-44-45-25-42-43-26-45)23-47(35)39(49)37(41)22-29-14-16-31-9-4-6-11-33(31)20-29/h3-6,8-11,13-16,19-20,25-27,34-37,44H,7,12,17-18,21-24,40-41H2,1-2H3/t34?,35-,36-,37-/m1/s1. The summed E-state index contributed by atoms with van der Waals surface area (Å²) < 4.78 is 1.71. The van der Waals surface area contributed by atoms with Gasteiger partial charge in [0.1, 0.15) is 12.7 Å². The van der Waals surface area contributed by atoms with Crippen LogP contribution in [0.1, 0.15) is 44.2 Å². The Labute approximate surface area is 288 Å². The van der Waals surface area contributed by atoms with Crippen molar-refractivity contribution in [3.8, 4) is 0 Å². The molecule has 1 aromatic heterocycles. The van der Waals surface area contributed by atoms with Gasteiger partial charge in [-0.15, -0.1) is 10.2 Å². The predicted octanol–water partition coefficient (Wildman–Crippen LogP) is 4.50. The van der Waals surface area contributed by atoms with Crippen molar-refractivity contribution < 1.29 is 9.59 Å². The number of hydrogen-bond donors (Lipinski definition) is 3. The average molecular weight is 661 g/mol. The number of fused-ring (bicyclic) bond motifs is 2. The molecular formula is C39H48N8O2. The van der Waals surface area contributed by atoms with Crippen molar-refractivity contribution in [2.24, 2.45) is 17.4 Å². The van der Waals surface area contributed by atoms with E-state index in [4.69, 9.17) is 11.5 Å². The zero-order chi connectivity index (χ0) is 34.3. The minimum absolute atomic E-state index is 0.0704. The average Bonchev–Trinajstić information content (AvgIpc) is 3.63. The first kappa shape index (κ1) is 34.1. The lowest BCUT2D eigenvalue weighted by Gasteiger charge is -2.48. The van der Waals surface area contributed by atoms with Gasteiger partial charge in [-0.1, -0.05) is 98.8 Å². The van der Waals surface area contributed by atoms with E-state index >= 15 is 0 Å². The molecule has 1 aliphatic heterocycles. The molecule has 0 radical (unpaired) electrons. The molecule has 2 heterocycles. The van der Waals surface area contributed by atoms with E-state index in [1.165, 1.54) is 0 Å². The van der Waals surface area contributed by atoms with Crippen LogP contribution in [0.4, 0.5) is 0 Å². The summed E-state index contributed by atoms with van der Waals surface area (Å²) in [7, 11) is 0. The van der Waals surface area contributed by atoms with Crippen LogP contribution in [-0.4, -0.2) is 80.3 Å². The lowest BCUT2D eigenvalue weighted by Crippen LogP contribution is -2.65. The molecule has 2 amide bonds. The van der Waals surface area contributed by atoms with E-state index in [0.29, 0.717) is 44.8 Å². The number of nitrogens with one attached hydrogen (secondary N) is 1. The van der Waals surface area contributed by atoms with Crippen molar-refractivity contribution in [3.63, 3.8) is 0 Å². The number of piperazine rings is 1. The van der Waals surface area contributed by atoms with Crippen LogP contribution in [0.5, 0.6) is 0 Å². The third-order valence-corrected chi connectivity index (χ3v) is 9.61. The fourth-order valence-corrected chi connectivity index (χ4v) is 7.15. The van der Waals surface area contributed by atoms with Crippen molar-refractivity contribution in [1.82, 2.24) is 24.7 Å². The third-order valence-electron chi connectivity index (χ3n) is 9.61. The first-order valence-electron chi connectivity index (χ1n) is 17.4. The van der Waals surface area contributed by atoms with Crippen LogP contribution >= 0.6 is 0 Å². The zero-order valence-electron chi connectivity index (χ0n) is 28.5. The smallest absolute Gasteiger partial charge is 0.240 e. The second-order valence-corrected chi connectivity index (χ2v) is 13.8. The highest BCUT2D eigenvalue weighted by Crippen LogP contribution is 2.26. The van der Waals surface area contributed by atoms with Crippen LogP contribution < -0.4 is 16.9 Å². The van der Waals surface area contributed by atoms with E-state index < -0.39 is 12.1 Å². The molecule has 4 aromatic carbocycles. The molecular weight excluding hydrogens is 612 g/mol. The van der Waals surface area contributed by atoms with Gasteiger partial charge < -0.3 is 26.7 Å². The van der Waals surface area contributed by atoms with Crippen molar-refractivity contribution >= 4 is 33.4 Å². The number of carbonyl (C=O) groups is 2. The summed E-state index contributed by atoms with van der Waals surface area (Å²) in [5, 5.41) is 12.3. The lowest BCUT2D eigenvalue weighted by molar-refractivity contribution is -0.149. The third kappa shape index (κ3) is 8.44. The normalized spacial score (nSPS) is 17.8. The van der Waals surface area contributed by atoms with Gasteiger partial charge >= 0.3 is 0 Å². The molecule has 0 bridgehead atoms. The molecule has 1 unspecified atom stereocenters. The van der Waals surface area contributed by atoms with E-state index in [0.717, 1.165) is 45.5 Å². The molecule has 6 rings (SSSR count). The molecule has 5 N–H and O–H groups in total. The minimum atomic E-state index is -0.698. The number of rotatable bonds is 13. The van der Waals surface area contributed by atoms with Crippen molar-refractivity contribution in [2.75, 3.05) is 25.1 Å². The van der Waals surface area contributed by atoms with E-state index in [9.17, 15) is 9.59 Å². The zero-order valence-corrected chi connectivity index (χ0v) is 28.5. The summed E-state index contributed by atoms with van der Waals surface area (Å²) >= 11 is 0. The molecule has 10 nitrogen and oxygen atoms in total. The summed E-state index contributed by atoms with van der Waals surface area (Å²) in [6.07, 6.45) is 6.33. The fourth-order valence-electron chi connectivity index (χ4n) is 7.15. The number of aromatic nitrogens is 3. The Kier molecular flexibility index (Phi) is 10.9. The number of carbonyl (C=O) groups excluding carboxylic acids is 2. The number of nitrogens with zero attached hydrogens (tertiary/aromatic N) is 5. The topological polar surface area (TPSA) is 135 Å². The van der Waals surface area contributed by atoms with Gasteiger partial charge in [-0.25, -0.2) is 4.68 Å². The van der Waals surface area contributed by atoms with Gasteiger partial charge in [0.25, 0.3) is 0 Å². The highest BCUT2D eigenvalue weighted by atomic mass is 16.2. The second kappa shape index (κ2) is 15.6. The van der Waals surface area contributed by atoms with Gasteiger partial charge in [-0.2, -0.15) is 0 Å². The summed E-state index contributed by atoms with van der Waals surface area (Å²) in [5.74, 6) is 0.176. The molecule has 1 fully saturated rings. The van der Waals surface area contributed by atoms with Gasteiger partial charge in [0.05, 0.1) is 12.1 Å². The maximum Gasteiger partial charge on any atom is 0.240 e. The van der Waals surface area contributed by atoms with E-state index in [-0.39, 0.29) is 23.9 Å². The van der Waals surface area contributed by atoms with Gasteiger partial charge in [0.15, 0.2) is 0 Å². The summed E-state index contributed by atoms with van der Waals surface area (Å²) in [6.45, 7) is 5.81. The van der Waals surface area contributed by atoms with Crippen molar-refractivity contribution in [1.29, 1.82) is 0 Å². The second-order valence-electron chi connectivity index (χ2n) is 13.8. The van der Waals surface area contributed by atoms with Crippen LogP contribution in [0.3, 0.4) is 0 Å². The Balaban J connectivity index is 1.20. The predicted molar refractivity (Wildman–Crippen MR) is 195 cm³/mol. The largest absolute Gasteiger partial charge is 0.335 e. The van der Waals surface area contributed by atoms with Crippen LogP contribution in [0, 0.1) is 5.92 Å². The molecule has 5 aromatic rings. The Morgan fingerprint density at radius 2 is 1.22 bits per heavy atom. The quantitative estimate of drug-likeness (QED) is 0.158. The number of benzene rings is 4. The molecule has 0 aliphatic carbocycles. The van der Waals surface area contributed by atoms with Crippen molar-refractivity contribution in [2.45, 2.75) is 70.1 Å². The minimum Gasteiger partial charge on any atom is -0.335 e. The van der Waals surface area contributed by atoms with E-state index in [1.54, 1.807) is 17.3 Å². The maximum absolute atomic E-state index is 14.2. The number of amides is 2. The highest BCUT2D eigenvalue weighted by Gasteiger charge is 2.40. The number of nitrogens with two attached hydrogens (primary N) is 2. The van der Waals surface area contributed by atoms with Gasteiger partial charge in [-0.05, 0) is 70.7 Å². The van der Waals surface area contributed by atoms with Crippen LogP contribution in [0.25, 0.3) is 21.5 Å². The SMILES string of the molecule is CC(C)C[C@@H]1CN(C(=O)[C@H](N)Cc2ccc3ccccc3c2)C(CCCNn2cnnc2)CN1C(=O)[C@H](N)Cc1ccc2ccccc2c1. The Hall–Kier alpha value is -4.80. The first-order valence-corrected chi connectivity index (χ1v) is 17.4. The Morgan fingerprint density at radius 3 is 1.76 bits per heavy atom. The van der Waals surface area contributed by atoms with E-state index in [2.05, 4.69) is 90.1 Å². The Bertz CT molecular complexity index is 1860. The summed E-state index contributed by atoms with van der Waals surface area (Å²) in [4.78, 5) is 32.3. The van der Waals surface area contributed by atoms with Gasteiger partial charge in [-0.3, -0.25) is 9.59 Å².